The first-order valence-corrected chi connectivity index (χ1v) is 5.55. The lowest BCUT2D eigenvalue weighted by molar-refractivity contribution is 0.0643. The standard InChI is InChI=1S/C10H18N2O2.2FH/c1-7-9(13-7)11-3-5-12(6-4-11)10-8(2)14-10;;/h7-10H,3-6H2,1-2H3;2*1H. The number of piperazine rings is 1. The summed E-state index contributed by atoms with van der Waals surface area (Å²) in [6, 6.07) is 0. The number of hydrogen-bond acceptors (Lipinski definition) is 4. The fourth-order valence-corrected chi connectivity index (χ4v) is 2.36. The Morgan fingerprint density at radius 3 is 1.19 bits per heavy atom. The first-order valence-electron chi connectivity index (χ1n) is 5.55. The van der Waals surface area contributed by atoms with E-state index in [1.54, 1.807) is 0 Å². The summed E-state index contributed by atoms with van der Waals surface area (Å²) >= 11 is 0. The predicted molar refractivity (Wildman–Crippen MR) is 56.8 cm³/mol. The number of nitrogens with zero attached hydrogens (tertiary/aromatic N) is 2. The second-order valence-corrected chi connectivity index (χ2v) is 4.54. The number of hydrogen-bond donors (Lipinski definition) is 0. The second-order valence-electron chi connectivity index (χ2n) is 4.54. The van der Waals surface area contributed by atoms with Crippen molar-refractivity contribution in [2.24, 2.45) is 0 Å². The van der Waals surface area contributed by atoms with Gasteiger partial charge in [0, 0.05) is 26.2 Å². The number of ether oxygens (including phenoxy) is 2. The molecule has 0 radical (unpaired) electrons. The van der Waals surface area contributed by atoms with E-state index in [-0.39, 0.29) is 9.41 Å². The Bertz CT molecular complexity index is 213. The molecule has 16 heavy (non-hydrogen) atoms. The molecule has 0 bridgehead atoms. The Morgan fingerprint density at radius 1 is 0.750 bits per heavy atom. The molecule has 96 valence electrons. The van der Waals surface area contributed by atoms with E-state index in [1.165, 1.54) is 0 Å². The largest absolute Gasteiger partial charge is 0.353 e. The van der Waals surface area contributed by atoms with Gasteiger partial charge in [-0.1, -0.05) is 0 Å². The van der Waals surface area contributed by atoms with Crippen LogP contribution in [0.3, 0.4) is 0 Å². The minimum Gasteiger partial charge on any atom is -0.353 e. The predicted octanol–water partition coefficient (Wildman–Crippen LogP) is 0.399. The highest BCUT2D eigenvalue weighted by Gasteiger charge is 2.44. The van der Waals surface area contributed by atoms with Crippen molar-refractivity contribution in [3.05, 3.63) is 0 Å². The van der Waals surface area contributed by atoms with Crippen molar-refractivity contribution in [3.63, 3.8) is 0 Å². The molecule has 0 aromatic heterocycles. The van der Waals surface area contributed by atoms with Gasteiger partial charge < -0.3 is 9.47 Å². The van der Waals surface area contributed by atoms with Gasteiger partial charge in [-0.15, -0.1) is 0 Å². The monoisotopic (exact) mass is 238 g/mol. The van der Waals surface area contributed by atoms with Crippen molar-refractivity contribution in [2.45, 2.75) is 38.5 Å². The van der Waals surface area contributed by atoms with Gasteiger partial charge in [0.2, 0.25) is 0 Å². The molecule has 3 rings (SSSR count). The third-order valence-electron chi connectivity index (χ3n) is 3.43. The van der Waals surface area contributed by atoms with Gasteiger partial charge in [-0.25, -0.2) is 0 Å². The van der Waals surface area contributed by atoms with E-state index in [9.17, 15) is 0 Å². The van der Waals surface area contributed by atoms with Crippen LogP contribution in [-0.2, 0) is 9.47 Å². The maximum Gasteiger partial charge on any atom is 0.137 e. The van der Waals surface area contributed by atoms with E-state index in [1.807, 2.05) is 0 Å². The lowest BCUT2D eigenvalue weighted by atomic mass is 10.3. The molecule has 0 amide bonds. The molecule has 3 saturated heterocycles. The zero-order valence-corrected chi connectivity index (χ0v) is 9.67. The third kappa shape index (κ3) is 2.51. The average molecular weight is 238 g/mol. The van der Waals surface area contributed by atoms with Crippen molar-refractivity contribution in [2.75, 3.05) is 26.2 Å². The van der Waals surface area contributed by atoms with Crippen LogP contribution in [0, 0.1) is 0 Å². The maximum atomic E-state index is 5.46. The van der Waals surface area contributed by atoms with Crippen LogP contribution in [0.4, 0.5) is 9.41 Å². The van der Waals surface area contributed by atoms with Crippen molar-refractivity contribution in [1.82, 2.24) is 9.80 Å². The number of halogens is 2. The van der Waals surface area contributed by atoms with Crippen molar-refractivity contribution < 1.29 is 18.9 Å². The zero-order chi connectivity index (χ0) is 9.71. The van der Waals surface area contributed by atoms with E-state index < -0.39 is 0 Å². The van der Waals surface area contributed by atoms with Crippen molar-refractivity contribution >= 4 is 0 Å². The molecule has 3 aliphatic heterocycles. The first kappa shape index (κ1) is 13.8. The summed E-state index contributed by atoms with van der Waals surface area (Å²) in [4.78, 5) is 4.88. The maximum absolute atomic E-state index is 5.46. The topological polar surface area (TPSA) is 31.5 Å². The molecule has 3 aliphatic rings. The van der Waals surface area contributed by atoms with Gasteiger partial charge in [0.05, 0.1) is 12.2 Å². The highest BCUT2D eigenvalue weighted by molar-refractivity contribution is 4.89. The van der Waals surface area contributed by atoms with Crippen LogP contribution in [-0.4, -0.2) is 60.6 Å². The highest BCUT2D eigenvalue weighted by Crippen LogP contribution is 2.29. The lowest BCUT2D eigenvalue weighted by Gasteiger charge is -2.32. The Hall–Kier alpha value is -0.300. The van der Waals surface area contributed by atoms with Crippen LogP contribution in [0.1, 0.15) is 13.8 Å². The van der Waals surface area contributed by atoms with Crippen LogP contribution in [0.25, 0.3) is 0 Å². The minimum atomic E-state index is 0. The van der Waals surface area contributed by atoms with Crippen LogP contribution in [0.5, 0.6) is 0 Å². The van der Waals surface area contributed by atoms with Gasteiger partial charge in [-0.05, 0) is 13.8 Å². The van der Waals surface area contributed by atoms with E-state index in [2.05, 4.69) is 23.6 Å². The molecule has 3 fully saturated rings. The van der Waals surface area contributed by atoms with Crippen LogP contribution in [0.2, 0.25) is 0 Å². The fourth-order valence-electron chi connectivity index (χ4n) is 2.36. The average Bonchev–Trinajstić information content (AvgIpc) is 3.06. The molecule has 4 atom stereocenters. The van der Waals surface area contributed by atoms with Gasteiger partial charge in [0.1, 0.15) is 12.5 Å². The number of epoxide rings is 2. The number of rotatable bonds is 2. The highest BCUT2D eigenvalue weighted by atomic mass is 19.0. The Labute approximate surface area is 94.2 Å². The van der Waals surface area contributed by atoms with Crippen LogP contribution < -0.4 is 0 Å². The summed E-state index contributed by atoms with van der Waals surface area (Å²) in [5.74, 6) is 0. The molecule has 0 N–H and O–H groups in total. The molecule has 3 heterocycles. The van der Waals surface area contributed by atoms with E-state index in [0.29, 0.717) is 24.7 Å². The molecule has 0 spiro atoms. The smallest absolute Gasteiger partial charge is 0.137 e. The summed E-state index contributed by atoms with van der Waals surface area (Å²) < 4.78 is 10.9. The molecular weight excluding hydrogens is 218 g/mol. The summed E-state index contributed by atoms with van der Waals surface area (Å²) in [5, 5.41) is 0. The van der Waals surface area contributed by atoms with E-state index in [4.69, 9.17) is 9.47 Å². The molecular formula is C10H20F2N2O2. The molecule has 6 heteroatoms. The zero-order valence-electron chi connectivity index (χ0n) is 9.67. The quantitative estimate of drug-likeness (QED) is 0.652. The molecule has 4 unspecified atom stereocenters. The third-order valence-corrected chi connectivity index (χ3v) is 3.43. The normalized spacial score (nSPS) is 43.1. The summed E-state index contributed by atoms with van der Waals surface area (Å²) in [5.41, 5.74) is 0. The molecule has 0 aliphatic carbocycles. The van der Waals surface area contributed by atoms with Crippen LogP contribution >= 0.6 is 0 Å². The van der Waals surface area contributed by atoms with Gasteiger partial charge >= 0.3 is 0 Å². The SMILES string of the molecule is CC1OC1N1CCN(C2OC2C)CC1.F.F. The second kappa shape index (κ2) is 4.91. The van der Waals surface area contributed by atoms with Crippen molar-refractivity contribution in [3.8, 4) is 0 Å². The van der Waals surface area contributed by atoms with E-state index in [0.717, 1.165) is 26.2 Å². The summed E-state index contributed by atoms with van der Waals surface area (Å²) in [6.07, 6.45) is 1.74. The molecule has 0 saturated carbocycles. The van der Waals surface area contributed by atoms with E-state index >= 15 is 0 Å². The van der Waals surface area contributed by atoms with Crippen LogP contribution in [0.15, 0.2) is 0 Å². The van der Waals surface area contributed by atoms with Gasteiger partial charge in [0.25, 0.3) is 0 Å². The lowest BCUT2D eigenvalue weighted by Crippen LogP contribution is -2.49. The summed E-state index contributed by atoms with van der Waals surface area (Å²) in [7, 11) is 0. The van der Waals surface area contributed by atoms with Gasteiger partial charge in [0.15, 0.2) is 0 Å². The van der Waals surface area contributed by atoms with Gasteiger partial charge in [-0.3, -0.25) is 19.2 Å². The molecule has 4 nitrogen and oxygen atoms in total. The minimum absolute atomic E-state index is 0. The summed E-state index contributed by atoms with van der Waals surface area (Å²) in [6.45, 7) is 8.79. The Kier molecular flexibility index (Phi) is 4.23. The van der Waals surface area contributed by atoms with Crippen molar-refractivity contribution in [1.29, 1.82) is 0 Å². The first-order chi connectivity index (χ1) is 6.75. The Morgan fingerprint density at radius 2 is 1.00 bits per heavy atom. The fraction of sp³-hybridized carbons (Fsp3) is 1.00. The molecule has 0 aromatic rings. The Balaban J connectivity index is 0.000000640. The van der Waals surface area contributed by atoms with Gasteiger partial charge in [-0.2, -0.15) is 0 Å². The molecule has 0 aromatic carbocycles.